The Kier molecular flexibility index (Phi) is 6.32. The largest absolute Gasteiger partial charge is 0.396 e. The molecule has 0 aromatic carbocycles. The van der Waals surface area contributed by atoms with Crippen molar-refractivity contribution in [3.8, 4) is 0 Å². The zero-order chi connectivity index (χ0) is 17.1. The van der Waals surface area contributed by atoms with Crippen LogP contribution in [0, 0.1) is 28.6 Å². The SMILES string of the molecule is CC1CCC2(C)C(CO)CCCC2C1(C)CCC(=CCO)CO. The van der Waals surface area contributed by atoms with Gasteiger partial charge in [-0.05, 0) is 72.7 Å². The second-order valence-corrected chi connectivity index (χ2v) is 8.52. The lowest BCUT2D eigenvalue weighted by Crippen LogP contribution is -2.53. The summed E-state index contributed by atoms with van der Waals surface area (Å²) < 4.78 is 0. The Labute approximate surface area is 141 Å². The van der Waals surface area contributed by atoms with Gasteiger partial charge in [-0.2, -0.15) is 0 Å². The first-order valence-electron chi connectivity index (χ1n) is 9.42. The molecule has 0 saturated heterocycles. The highest BCUT2D eigenvalue weighted by molar-refractivity contribution is 5.08. The van der Waals surface area contributed by atoms with Gasteiger partial charge in [0.1, 0.15) is 0 Å². The Bertz CT molecular complexity index is 419. The van der Waals surface area contributed by atoms with Gasteiger partial charge in [0.2, 0.25) is 0 Å². The van der Waals surface area contributed by atoms with E-state index in [1.54, 1.807) is 6.08 Å². The van der Waals surface area contributed by atoms with Gasteiger partial charge in [0.25, 0.3) is 0 Å². The molecule has 0 radical (unpaired) electrons. The average Bonchev–Trinajstić information content (AvgIpc) is 2.55. The first-order valence-corrected chi connectivity index (χ1v) is 9.42. The van der Waals surface area contributed by atoms with Crippen LogP contribution in [0.5, 0.6) is 0 Å². The molecule has 5 atom stereocenters. The second-order valence-electron chi connectivity index (χ2n) is 8.52. The summed E-state index contributed by atoms with van der Waals surface area (Å²) >= 11 is 0. The van der Waals surface area contributed by atoms with Crippen LogP contribution >= 0.6 is 0 Å². The van der Waals surface area contributed by atoms with Crippen LogP contribution in [-0.4, -0.2) is 35.1 Å². The predicted molar refractivity (Wildman–Crippen MR) is 94.0 cm³/mol. The number of rotatable bonds is 6. The van der Waals surface area contributed by atoms with Crippen molar-refractivity contribution in [3.63, 3.8) is 0 Å². The Morgan fingerprint density at radius 2 is 1.87 bits per heavy atom. The molecule has 0 amide bonds. The lowest BCUT2D eigenvalue weighted by atomic mass is 9.44. The molecule has 0 bridgehead atoms. The fourth-order valence-electron chi connectivity index (χ4n) is 5.70. The fraction of sp³-hybridized carbons (Fsp3) is 0.900. The average molecular weight is 325 g/mol. The third kappa shape index (κ3) is 3.52. The van der Waals surface area contributed by atoms with Gasteiger partial charge in [-0.1, -0.05) is 33.3 Å². The van der Waals surface area contributed by atoms with Crippen molar-refractivity contribution in [3.05, 3.63) is 11.6 Å². The lowest BCUT2D eigenvalue weighted by Gasteiger charge is -2.60. The van der Waals surface area contributed by atoms with Gasteiger partial charge in [-0.15, -0.1) is 0 Å². The van der Waals surface area contributed by atoms with Gasteiger partial charge >= 0.3 is 0 Å². The molecule has 2 saturated carbocycles. The molecule has 3 heteroatoms. The summed E-state index contributed by atoms with van der Waals surface area (Å²) in [5.41, 5.74) is 1.47. The molecule has 2 fully saturated rings. The van der Waals surface area contributed by atoms with Crippen molar-refractivity contribution in [2.75, 3.05) is 19.8 Å². The molecular weight excluding hydrogens is 288 g/mol. The topological polar surface area (TPSA) is 60.7 Å². The van der Waals surface area contributed by atoms with E-state index in [2.05, 4.69) is 20.8 Å². The van der Waals surface area contributed by atoms with Crippen molar-refractivity contribution < 1.29 is 15.3 Å². The first kappa shape index (κ1) is 19.0. The molecule has 0 spiro atoms. The third-order valence-electron chi connectivity index (χ3n) is 7.60. The van der Waals surface area contributed by atoms with Crippen LogP contribution in [0.4, 0.5) is 0 Å². The molecule has 0 aromatic heterocycles. The molecule has 0 heterocycles. The summed E-state index contributed by atoms with van der Waals surface area (Å²) in [7, 11) is 0. The number of aliphatic hydroxyl groups excluding tert-OH is 3. The van der Waals surface area contributed by atoms with E-state index >= 15 is 0 Å². The van der Waals surface area contributed by atoms with Gasteiger partial charge in [-0.25, -0.2) is 0 Å². The molecule has 3 N–H and O–H groups in total. The van der Waals surface area contributed by atoms with Gasteiger partial charge in [0.15, 0.2) is 0 Å². The highest BCUT2D eigenvalue weighted by Crippen LogP contribution is 2.63. The highest BCUT2D eigenvalue weighted by Gasteiger charge is 2.55. The molecule has 2 rings (SSSR count). The molecule has 2 aliphatic carbocycles. The monoisotopic (exact) mass is 324 g/mol. The summed E-state index contributed by atoms with van der Waals surface area (Å²) in [5, 5.41) is 28.5. The summed E-state index contributed by atoms with van der Waals surface area (Å²) in [4.78, 5) is 0. The highest BCUT2D eigenvalue weighted by atomic mass is 16.3. The number of fused-ring (bicyclic) bond motifs is 1. The molecule has 3 nitrogen and oxygen atoms in total. The maximum Gasteiger partial charge on any atom is 0.0642 e. The zero-order valence-electron chi connectivity index (χ0n) is 15.2. The Morgan fingerprint density at radius 3 is 2.48 bits per heavy atom. The van der Waals surface area contributed by atoms with Crippen LogP contribution in [0.1, 0.15) is 65.7 Å². The van der Waals surface area contributed by atoms with Crippen molar-refractivity contribution in [2.24, 2.45) is 28.6 Å². The predicted octanol–water partition coefficient (Wildman–Crippen LogP) is 3.53. The minimum atomic E-state index is 0.00981. The minimum Gasteiger partial charge on any atom is -0.396 e. The Balaban J connectivity index is 2.21. The number of hydrogen-bond donors (Lipinski definition) is 3. The van der Waals surface area contributed by atoms with Crippen molar-refractivity contribution in [2.45, 2.75) is 65.7 Å². The summed E-state index contributed by atoms with van der Waals surface area (Å²) in [6.45, 7) is 7.62. The smallest absolute Gasteiger partial charge is 0.0642 e. The van der Waals surface area contributed by atoms with E-state index in [9.17, 15) is 10.2 Å². The molecule has 134 valence electrons. The zero-order valence-corrected chi connectivity index (χ0v) is 15.2. The van der Waals surface area contributed by atoms with Gasteiger partial charge in [-0.3, -0.25) is 0 Å². The minimum absolute atomic E-state index is 0.00981. The van der Waals surface area contributed by atoms with Gasteiger partial charge < -0.3 is 15.3 Å². The summed E-state index contributed by atoms with van der Waals surface area (Å²) in [6.07, 6.45) is 9.83. The van der Waals surface area contributed by atoms with Crippen LogP contribution < -0.4 is 0 Å². The van der Waals surface area contributed by atoms with Crippen molar-refractivity contribution >= 4 is 0 Å². The fourth-order valence-corrected chi connectivity index (χ4v) is 5.70. The normalized spacial score (nSPS) is 41.7. The quantitative estimate of drug-likeness (QED) is 0.655. The first-order chi connectivity index (χ1) is 10.9. The van der Waals surface area contributed by atoms with E-state index in [0.29, 0.717) is 24.4 Å². The van der Waals surface area contributed by atoms with Crippen LogP contribution in [0.25, 0.3) is 0 Å². The van der Waals surface area contributed by atoms with Crippen LogP contribution in [0.2, 0.25) is 0 Å². The van der Waals surface area contributed by atoms with Gasteiger partial charge in [0.05, 0.1) is 13.2 Å². The second kappa shape index (κ2) is 7.67. The number of hydrogen-bond acceptors (Lipinski definition) is 3. The van der Waals surface area contributed by atoms with Crippen LogP contribution in [0.15, 0.2) is 11.6 Å². The van der Waals surface area contributed by atoms with Crippen molar-refractivity contribution in [1.29, 1.82) is 0 Å². The maximum absolute atomic E-state index is 9.89. The van der Waals surface area contributed by atoms with E-state index in [1.807, 2.05) is 0 Å². The molecule has 0 aliphatic heterocycles. The third-order valence-corrected chi connectivity index (χ3v) is 7.60. The summed E-state index contributed by atoms with van der Waals surface area (Å²) in [5.74, 6) is 1.77. The van der Waals surface area contributed by atoms with Crippen LogP contribution in [0.3, 0.4) is 0 Å². The van der Waals surface area contributed by atoms with Crippen molar-refractivity contribution in [1.82, 2.24) is 0 Å². The van der Waals surface area contributed by atoms with E-state index in [1.165, 1.54) is 32.1 Å². The molecular formula is C20H36O3. The standard InChI is InChI=1S/C20H36O3/c1-15-7-10-20(3)17(14-23)5-4-6-18(20)19(15,2)11-8-16(13-22)9-12-21/h9,15,17-18,21-23H,4-8,10-14H2,1-3H3. The van der Waals surface area contributed by atoms with E-state index in [-0.39, 0.29) is 24.0 Å². The van der Waals surface area contributed by atoms with E-state index < -0.39 is 0 Å². The lowest BCUT2D eigenvalue weighted by molar-refractivity contribution is -0.122. The van der Waals surface area contributed by atoms with Crippen LogP contribution in [-0.2, 0) is 0 Å². The van der Waals surface area contributed by atoms with E-state index in [0.717, 1.165) is 18.4 Å². The van der Waals surface area contributed by atoms with Gasteiger partial charge in [0, 0.05) is 6.61 Å². The summed E-state index contributed by atoms with van der Waals surface area (Å²) in [6, 6.07) is 0. The Morgan fingerprint density at radius 1 is 1.13 bits per heavy atom. The number of aliphatic hydroxyl groups is 3. The molecule has 23 heavy (non-hydrogen) atoms. The Hall–Kier alpha value is -0.380. The molecule has 5 unspecified atom stereocenters. The van der Waals surface area contributed by atoms with E-state index in [4.69, 9.17) is 5.11 Å². The molecule has 0 aromatic rings. The maximum atomic E-state index is 9.89. The molecule has 2 aliphatic rings.